The molecule has 2 aromatic carbocycles. The molecule has 0 radical (unpaired) electrons. The van der Waals surface area contributed by atoms with E-state index in [1.54, 1.807) is 13.2 Å². The first-order valence-corrected chi connectivity index (χ1v) is 13.8. The van der Waals surface area contributed by atoms with Gasteiger partial charge >= 0.3 is 0 Å². The lowest BCUT2D eigenvalue weighted by atomic mass is 9.73. The van der Waals surface area contributed by atoms with Crippen LogP contribution in [0.2, 0.25) is 0 Å². The minimum Gasteiger partial charge on any atom is -0.497 e. The van der Waals surface area contributed by atoms with Crippen molar-refractivity contribution >= 4 is 45.2 Å². The molecule has 1 fully saturated rings. The van der Waals surface area contributed by atoms with Crippen LogP contribution in [-0.2, 0) is 13.0 Å². The van der Waals surface area contributed by atoms with E-state index in [0.29, 0.717) is 6.54 Å². The molecule has 5 aromatic rings. The molecule has 0 amide bonds. The monoisotopic (exact) mass is 623 g/mol. The van der Waals surface area contributed by atoms with Gasteiger partial charge < -0.3 is 15.4 Å². The summed E-state index contributed by atoms with van der Waals surface area (Å²) in [4.78, 5) is 12.2. The van der Waals surface area contributed by atoms with Crippen LogP contribution in [-0.4, -0.2) is 44.3 Å². The van der Waals surface area contributed by atoms with Crippen LogP contribution in [0, 0.1) is 14.9 Å². The molecule has 38 heavy (non-hydrogen) atoms. The number of hydrogen-bond donors (Lipinski definition) is 1. The molecule has 3 aromatic heterocycles. The van der Waals surface area contributed by atoms with Crippen molar-refractivity contribution in [2.75, 3.05) is 25.1 Å². The highest BCUT2D eigenvalue weighted by Crippen LogP contribution is 2.51. The summed E-state index contributed by atoms with van der Waals surface area (Å²) in [5, 5.41) is 5.79. The first kappa shape index (κ1) is 23.8. The molecule has 1 aliphatic heterocycles. The molecule has 1 aliphatic carbocycles. The summed E-state index contributed by atoms with van der Waals surface area (Å²) in [5.74, 6) is 1.50. The zero-order valence-electron chi connectivity index (χ0n) is 20.9. The first-order chi connectivity index (χ1) is 18.5. The fourth-order valence-electron chi connectivity index (χ4n) is 6.26. The normalized spacial score (nSPS) is 18.5. The van der Waals surface area contributed by atoms with Gasteiger partial charge in [-0.3, -0.25) is 4.40 Å². The second-order valence-corrected chi connectivity index (χ2v) is 11.4. The van der Waals surface area contributed by atoms with Crippen molar-refractivity contribution in [1.82, 2.24) is 24.1 Å². The number of rotatable bonds is 4. The largest absolute Gasteiger partial charge is 0.497 e. The Kier molecular flexibility index (Phi) is 5.59. The highest BCUT2D eigenvalue weighted by molar-refractivity contribution is 14.1. The SMILES string of the molecule is COc1ccc(Cn2nc(I)c3c2nc(N2CCC4(CC2)Cc2cc(F)ccc2[C@H]4N)n2ccnc32)cc1. The second-order valence-electron chi connectivity index (χ2n) is 10.4. The molecule has 1 spiro atoms. The number of ether oxygens (including phenoxy) is 1. The third-order valence-electron chi connectivity index (χ3n) is 8.34. The summed E-state index contributed by atoms with van der Waals surface area (Å²) in [7, 11) is 1.67. The minimum absolute atomic E-state index is 0.0453. The highest BCUT2D eigenvalue weighted by atomic mass is 127. The van der Waals surface area contributed by atoms with Gasteiger partial charge in [0.25, 0.3) is 0 Å². The van der Waals surface area contributed by atoms with Gasteiger partial charge in [-0.1, -0.05) is 18.2 Å². The van der Waals surface area contributed by atoms with Crippen LogP contribution in [0.1, 0.15) is 35.6 Å². The van der Waals surface area contributed by atoms with Crippen molar-refractivity contribution in [2.24, 2.45) is 11.1 Å². The van der Waals surface area contributed by atoms with Crippen LogP contribution in [0.15, 0.2) is 54.9 Å². The average molecular weight is 623 g/mol. The Morgan fingerprint density at radius 3 is 2.68 bits per heavy atom. The van der Waals surface area contributed by atoms with Crippen molar-refractivity contribution in [1.29, 1.82) is 0 Å². The molecular formula is C28H27FIN7O. The van der Waals surface area contributed by atoms with Crippen LogP contribution in [0.3, 0.4) is 0 Å². The Balaban J connectivity index is 1.22. The maximum atomic E-state index is 13.9. The Bertz CT molecular complexity index is 1670. The van der Waals surface area contributed by atoms with E-state index in [1.165, 1.54) is 6.07 Å². The van der Waals surface area contributed by atoms with Gasteiger partial charge in [-0.15, -0.1) is 0 Å². The molecule has 0 saturated carbocycles. The molecule has 2 aliphatic rings. The van der Waals surface area contributed by atoms with Crippen molar-refractivity contribution in [3.05, 3.63) is 81.1 Å². The van der Waals surface area contributed by atoms with Gasteiger partial charge in [-0.05, 0) is 88.2 Å². The molecular weight excluding hydrogens is 596 g/mol. The quantitative estimate of drug-likeness (QED) is 0.292. The van der Waals surface area contributed by atoms with Crippen molar-refractivity contribution in [2.45, 2.75) is 31.8 Å². The van der Waals surface area contributed by atoms with E-state index in [1.807, 2.05) is 47.4 Å². The lowest BCUT2D eigenvalue weighted by Crippen LogP contribution is -2.45. The molecule has 4 heterocycles. The van der Waals surface area contributed by atoms with Crippen LogP contribution in [0.25, 0.3) is 16.7 Å². The summed E-state index contributed by atoms with van der Waals surface area (Å²) < 4.78 is 24.1. The Hall–Kier alpha value is -3.25. The molecule has 1 atom stereocenters. The zero-order valence-corrected chi connectivity index (χ0v) is 23.1. The molecule has 0 unspecified atom stereocenters. The van der Waals surface area contributed by atoms with E-state index in [4.69, 9.17) is 25.5 Å². The summed E-state index contributed by atoms with van der Waals surface area (Å²) >= 11 is 2.27. The summed E-state index contributed by atoms with van der Waals surface area (Å²) in [5.41, 5.74) is 11.7. The van der Waals surface area contributed by atoms with Crippen LogP contribution in [0.5, 0.6) is 5.75 Å². The third kappa shape index (κ3) is 3.68. The molecule has 2 N–H and O–H groups in total. The van der Waals surface area contributed by atoms with E-state index in [0.717, 1.165) is 81.1 Å². The number of aromatic nitrogens is 5. The van der Waals surface area contributed by atoms with E-state index in [9.17, 15) is 4.39 Å². The predicted octanol–water partition coefficient (Wildman–Crippen LogP) is 4.72. The van der Waals surface area contributed by atoms with Gasteiger partial charge in [0, 0.05) is 31.5 Å². The molecule has 0 bridgehead atoms. The van der Waals surface area contributed by atoms with E-state index in [-0.39, 0.29) is 17.3 Å². The summed E-state index contributed by atoms with van der Waals surface area (Å²) in [6.45, 7) is 2.24. The molecule has 7 rings (SSSR count). The number of nitrogens with zero attached hydrogens (tertiary/aromatic N) is 6. The predicted molar refractivity (Wildman–Crippen MR) is 152 cm³/mol. The Morgan fingerprint density at radius 1 is 1.13 bits per heavy atom. The number of fused-ring (bicyclic) bond motifs is 4. The molecule has 8 nitrogen and oxygen atoms in total. The molecule has 194 valence electrons. The number of methoxy groups -OCH3 is 1. The van der Waals surface area contributed by atoms with E-state index in [2.05, 4.69) is 31.9 Å². The fraction of sp³-hybridized carbons (Fsp3) is 0.321. The molecule has 1 saturated heterocycles. The van der Waals surface area contributed by atoms with Crippen LogP contribution in [0.4, 0.5) is 10.3 Å². The summed E-state index contributed by atoms with van der Waals surface area (Å²) in [6.07, 6.45) is 6.46. The highest BCUT2D eigenvalue weighted by Gasteiger charge is 2.46. The standard InChI is InChI=1S/C28H27FIN7O/c1-38-20-5-2-17(3-6-20)16-37-26-22(24(30)34-37)25-32-10-13-36(25)27(33-26)35-11-8-28(9-12-35)15-18-14-19(29)4-7-21(18)23(28)31/h2-7,10,13-14,23H,8-9,11-12,15-16,31H2,1H3/t23-/m1/s1. The van der Waals surface area contributed by atoms with Crippen LogP contribution < -0.4 is 15.4 Å². The van der Waals surface area contributed by atoms with Gasteiger partial charge in [0.1, 0.15) is 15.3 Å². The fourth-order valence-corrected chi connectivity index (χ4v) is 7.00. The van der Waals surface area contributed by atoms with Crippen LogP contribution >= 0.6 is 22.6 Å². The smallest absolute Gasteiger partial charge is 0.213 e. The van der Waals surface area contributed by atoms with Gasteiger partial charge in [0.05, 0.1) is 19.0 Å². The number of benzene rings is 2. The number of piperidine rings is 1. The van der Waals surface area contributed by atoms with Gasteiger partial charge in [-0.2, -0.15) is 10.1 Å². The number of hydrogen-bond acceptors (Lipinski definition) is 6. The number of imidazole rings is 1. The lowest BCUT2D eigenvalue weighted by Gasteiger charge is -2.42. The van der Waals surface area contributed by atoms with Gasteiger partial charge in [-0.25, -0.2) is 14.1 Å². The third-order valence-corrected chi connectivity index (χ3v) is 9.10. The van der Waals surface area contributed by atoms with Crippen molar-refractivity contribution < 1.29 is 9.13 Å². The van der Waals surface area contributed by atoms with E-state index < -0.39 is 0 Å². The number of nitrogens with two attached hydrogens (primary N) is 1. The summed E-state index contributed by atoms with van der Waals surface area (Å²) in [6, 6.07) is 13.0. The maximum Gasteiger partial charge on any atom is 0.213 e. The number of anilines is 1. The topological polar surface area (TPSA) is 86.5 Å². The maximum absolute atomic E-state index is 13.9. The van der Waals surface area contributed by atoms with Crippen molar-refractivity contribution in [3.8, 4) is 5.75 Å². The second kappa shape index (κ2) is 8.91. The zero-order chi connectivity index (χ0) is 26.0. The van der Waals surface area contributed by atoms with E-state index >= 15 is 0 Å². The number of halogens is 2. The molecule has 10 heteroatoms. The Morgan fingerprint density at radius 2 is 1.92 bits per heavy atom. The Labute approximate surface area is 232 Å². The average Bonchev–Trinajstić information content (AvgIpc) is 3.60. The van der Waals surface area contributed by atoms with Gasteiger partial charge in [0.2, 0.25) is 5.95 Å². The first-order valence-electron chi connectivity index (χ1n) is 12.8. The van der Waals surface area contributed by atoms with Crippen molar-refractivity contribution in [3.63, 3.8) is 0 Å². The lowest BCUT2D eigenvalue weighted by molar-refractivity contribution is 0.187. The minimum atomic E-state index is -0.189. The van der Waals surface area contributed by atoms with Gasteiger partial charge in [0.15, 0.2) is 11.3 Å².